The molecule has 0 radical (unpaired) electrons. The maximum Gasteiger partial charge on any atom is 0.193 e. The first kappa shape index (κ1) is 16.2. The zero-order valence-corrected chi connectivity index (χ0v) is 14.1. The fraction of sp³-hybridized carbons (Fsp3) is 0.455. The summed E-state index contributed by atoms with van der Waals surface area (Å²) < 4.78 is 6.99. The van der Waals surface area contributed by atoms with Crippen LogP contribution in [-0.2, 0) is 11.3 Å². The standard InChI is InChI=1S/C11H17N5OS.HI/c1-12-10(13-3-5-17-2)14-7-9-8-16-4-6-18-11(16)15-9;/h4,6,8H,3,5,7H2,1-2H3,(H2,12,13,14);1H. The van der Waals surface area contributed by atoms with Crippen molar-refractivity contribution in [1.29, 1.82) is 0 Å². The second kappa shape index (κ2) is 8.33. The molecule has 0 fully saturated rings. The predicted octanol–water partition coefficient (Wildman–Crippen LogP) is 1.33. The number of aromatic nitrogens is 2. The molecular formula is C11H18IN5OS. The van der Waals surface area contributed by atoms with Gasteiger partial charge in [0.1, 0.15) is 0 Å². The number of thiazole rings is 1. The average molecular weight is 395 g/mol. The second-order valence-corrected chi connectivity index (χ2v) is 4.54. The van der Waals surface area contributed by atoms with E-state index in [1.807, 2.05) is 22.2 Å². The number of imidazole rings is 1. The molecule has 106 valence electrons. The first-order valence-corrected chi connectivity index (χ1v) is 6.56. The summed E-state index contributed by atoms with van der Waals surface area (Å²) in [6.45, 7) is 2.04. The van der Waals surface area contributed by atoms with Crippen molar-refractivity contribution in [3.05, 3.63) is 23.5 Å². The van der Waals surface area contributed by atoms with Crippen LogP contribution in [0, 0.1) is 0 Å². The quantitative estimate of drug-likeness (QED) is 0.347. The minimum atomic E-state index is 0. The van der Waals surface area contributed by atoms with E-state index in [1.165, 1.54) is 0 Å². The first-order chi connectivity index (χ1) is 8.83. The van der Waals surface area contributed by atoms with Gasteiger partial charge in [0.2, 0.25) is 0 Å². The Bertz CT molecular complexity index is 495. The fourth-order valence-electron chi connectivity index (χ4n) is 1.53. The van der Waals surface area contributed by atoms with Gasteiger partial charge in [0.05, 0.1) is 18.8 Å². The molecule has 0 aromatic carbocycles. The molecule has 0 aliphatic heterocycles. The van der Waals surface area contributed by atoms with Gasteiger partial charge in [-0.05, 0) is 0 Å². The number of nitrogens with zero attached hydrogens (tertiary/aromatic N) is 3. The van der Waals surface area contributed by atoms with Crippen LogP contribution >= 0.6 is 35.3 Å². The summed E-state index contributed by atoms with van der Waals surface area (Å²) in [4.78, 5) is 9.62. The van der Waals surface area contributed by atoms with Crippen LogP contribution in [0.1, 0.15) is 5.69 Å². The normalized spacial score (nSPS) is 11.4. The van der Waals surface area contributed by atoms with Crippen molar-refractivity contribution in [2.45, 2.75) is 6.54 Å². The third kappa shape index (κ3) is 4.62. The highest BCUT2D eigenvalue weighted by atomic mass is 127. The molecule has 0 aliphatic rings. The van der Waals surface area contributed by atoms with Crippen molar-refractivity contribution in [1.82, 2.24) is 20.0 Å². The number of methoxy groups -OCH3 is 1. The van der Waals surface area contributed by atoms with Crippen LogP contribution in [0.4, 0.5) is 0 Å². The van der Waals surface area contributed by atoms with Crippen LogP contribution in [-0.4, -0.2) is 42.7 Å². The summed E-state index contributed by atoms with van der Waals surface area (Å²) in [6.07, 6.45) is 4.02. The van der Waals surface area contributed by atoms with E-state index in [0.717, 1.165) is 23.2 Å². The van der Waals surface area contributed by atoms with Gasteiger partial charge in [-0.25, -0.2) is 4.98 Å². The van der Waals surface area contributed by atoms with Crippen molar-refractivity contribution in [2.75, 3.05) is 27.3 Å². The van der Waals surface area contributed by atoms with Gasteiger partial charge in [-0.1, -0.05) is 0 Å². The Labute approximate surface area is 133 Å². The van der Waals surface area contributed by atoms with E-state index in [4.69, 9.17) is 4.74 Å². The molecule has 2 N–H and O–H groups in total. The third-order valence-corrected chi connectivity index (χ3v) is 3.17. The van der Waals surface area contributed by atoms with Gasteiger partial charge in [0.15, 0.2) is 10.9 Å². The number of aliphatic imine (C=N–C) groups is 1. The number of hydrogen-bond acceptors (Lipinski definition) is 4. The van der Waals surface area contributed by atoms with Crippen LogP contribution in [0.5, 0.6) is 0 Å². The molecule has 2 aromatic rings. The molecule has 2 aromatic heterocycles. The average Bonchev–Trinajstić information content (AvgIpc) is 2.94. The third-order valence-electron chi connectivity index (χ3n) is 2.40. The molecule has 0 amide bonds. The van der Waals surface area contributed by atoms with Crippen molar-refractivity contribution < 1.29 is 4.74 Å². The van der Waals surface area contributed by atoms with E-state index >= 15 is 0 Å². The molecular weight excluding hydrogens is 377 g/mol. The second-order valence-electron chi connectivity index (χ2n) is 3.67. The fourth-order valence-corrected chi connectivity index (χ4v) is 2.25. The van der Waals surface area contributed by atoms with Crippen LogP contribution < -0.4 is 10.6 Å². The summed E-state index contributed by atoms with van der Waals surface area (Å²) in [6, 6.07) is 0. The van der Waals surface area contributed by atoms with Crippen molar-refractivity contribution in [3.8, 4) is 0 Å². The summed E-state index contributed by atoms with van der Waals surface area (Å²) in [5.74, 6) is 0.753. The highest BCUT2D eigenvalue weighted by Crippen LogP contribution is 2.10. The summed E-state index contributed by atoms with van der Waals surface area (Å²) >= 11 is 1.63. The molecule has 0 saturated heterocycles. The van der Waals surface area contributed by atoms with E-state index in [1.54, 1.807) is 25.5 Å². The Hall–Kier alpha value is -0.870. The molecule has 0 spiro atoms. The first-order valence-electron chi connectivity index (χ1n) is 5.68. The molecule has 2 heterocycles. The van der Waals surface area contributed by atoms with Crippen molar-refractivity contribution in [2.24, 2.45) is 4.99 Å². The summed E-state index contributed by atoms with van der Waals surface area (Å²) in [5, 5.41) is 8.38. The maximum atomic E-state index is 4.97. The number of fused-ring (bicyclic) bond motifs is 1. The molecule has 0 atom stereocenters. The SMILES string of the molecule is CN=C(NCCOC)NCc1cn2ccsc2n1.I. The monoisotopic (exact) mass is 395 g/mol. The molecule has 19 heavy (non-hydrogen) atoms. The van der Waals surface area contributed by atoms with Gasteiger partial charge in [-0.15, -0.1) is 35.3 Å². The molecule has 0 unspecified atom stereocenters. The van der Waals surface area contributed by atoms with Crippen LogP contribution in [0.2, 0.25) is 0 Å². The van der Waals surface area contributed by atoms with Gasteiger partial charge in [0, 0.05) is 38.5 Å². The highest BCUT2D eigenvalue weighted by molar-refractivity contribution is 14.0. The summed E-state index contributed by atoms with van der Waals surface area (Å²) in [5.41, 5.74) is 0.997. The van der Waals surface area contributed by atoms with Crippen LogP contribution in [0.3, 0.4) is 0 Å². The van der Waals surface area contributed by atoms with E-state index < -0.39 is 0 Å². The molecule has 2 rings (SSSR count). The van der Waals surface area contributed by atoms with E-state index in [0.29, 0.717) is 13.2 Å². The Balaban J connectivity index is 0.00000180. The molecule has 0 bridgehead atoms. The minimum Gasteiger partial charge on any atom is -0.383 e. The zero-order chi connectivity index (χ0) is 12.8. The Morgan fingerprint density at radius 2 is 2.37 bits per heavy atom. The number of guanidine groups is 1. The minimum absolute atomic E-state index is 0. The Morgan fingerprint density at radius 1 is 1.53 bits per heavy atom. The molecule has 6 nitrogen and oxygen atoms in total. The molecule has 0 saturated carbocycles. The van der Waals surface area contributed by atoms with Crippen LogP contribution in [0.25, 0.3) is 4.96 Å². The van der Waals surface area contributed by atoms with Crippen molar-refractivity contribution in [3.63, 3.8) is 0 Å². The maximum absolute atomic E-state index is 4.97. The van der Waals surface area contributed by atoms with E-state index in [9.17, 15) is 0 Å². The van der Waals surface area contributed by atoms with E-state index in [-0.39, 0.29) is 24.0 Å². The lowest BCUT2D eigenvalue weighted by Crippen LogP contribution is -2.38. The highest BCUT2D eigenvalue weighted by Gasteiger charge is 2.03. The lowest BCUT2D eigenvalue weighted by Gasteiger charge is -2.10. The number of hydrogen-bond donors (Lipinski definition) is 2. The van der Waals surface area contributed by atoms with Gasteiger partial charge < -0.3 is 15.4 Å². The largest absolute Gasteiger partial charge is 0.383 e. The van der Waals surface area contributed by atoms with Gasteiger partial charge >= 0.3 is 0 Å². The van der Waals surface area contributed by atoms with Crippen LogP contribution in [0.15, 0.2) is 22.8 Å². The number of rotatable bonds is 5. The smallest absolute Gasteiger partial charge is 0.193 e. The number of ether oxygens (including phenoxy) is 1. The lowest BCUT2D eigenvalue weighted by molar-refractivity contribution is 0.203. The number of halogens is 1. The zero-order valence-electron chi connectivity index (χ0n) is 10.9. The molecule has 0 aliphatic carbocycles. The van der Waals surface area contributed by atoms with E-state index in [2.05, 4.69) is 20.6 Å². The number of nitrogens with one attached hydrogen (secondary N) is 2. The lowest BCUT2D eigenvalue weighted by atomic mass is 10.5. The summed E-state index contributed by atoms with van der Waals surface area (Å²) in [7, 11) is 3.42. The predicted molar refractivity (Wildman–Crippen MR) is 88.6 cm³/mol. The van der Waals surface area contributed by atoms with Gasteiger partial charge in [0.25, 0.3) is 0 Å². The Morgan fingerprint density at radius 3 is 3.05 bits per heavy atom. The topological polar surface area (TPSA) is 63.0 Å². The Kier molecular flexibility index (Phi) is 7.10. The van der Waals surface area contributed by atoms with Crippen molar-refractivity contribution >= 4 is 46.2 Å². The van der Waals surface area contributed by atoms with Gasteiger partial charge in [-0.3, -0.25) is 9.39 Å². The molecule has 8 heteroatoms. The van der Waals surface area contributed by atoms with Gasteiger partial charge in [-0.2, -0.15) is 0 Å².